The maximum absolute atomic E-state index is 13.0. The molecule has 0 saturated heterocycles. The summed E-state index contributed by atoms with van der Waals surface area (Å²) in [6, 6.07) is 20.9. The van der Waals surface area contributed by atoms with Crippen LogP contribution in [0.25, 0.3) is 17.3 Å². The summed E-state index contributed by atoms with van der Waals surface area (Å²) in [7, 11) is 0. The Morgan fingerprint density at radius 2 is 1.74 bits per heavy atom. The number of carbonyl (C=O) groups is 2. The molecule has 1 aromatic heterocycles. The van der Waals surface area contributed by atoms with E-state index >= 15 is 0 Å². The zero-order chi connectivity index (χ0) is 24.9. The first-order valence-electron chi connectivity index (χ1n) is 10.3. The summed E-state index contributed by atoms with van der Waals surface area (Å²) >= 11 is 9.37. The van der Waals surface area contributed by atoms with Gasteiger partial charge in [-0.05, 0) is 70.9 Å². The number of nitrogens with one attached hydrogen (secondary N) is 1. The number of aryl methyl sites for hydroxylation is 1. The lowest BCUT2D eigenvalue weighted by Gasteiger charge is -2.09. The number of hydrogen-bond donors (Lipinski definition) is 2. The molecule has 7 nitrogen and oxygen atoms in total. The normalized spacial score (nSPS) is 11.2. The predicted molar refractivity (Wildman–Crippen MR) is 135 cm³/mol. The molecule has 0 saturated carbocycles. The minimum Gasteiger partial charge on any atom is -0.477 e. The lowest BCUT2D eigenvalue weighted by Crippen LogP contribution is -2.27. The number of carbonyl (C=O) groups excluding carboxylic acids is 1. The van der Waals surface area contributed by atoms with Gasteiger partial charge in [0.2, 0.25) is 0 Å². The third-order valence-corrected chi connectivity index (χ3v) is 5.85. The average Bonchev–Trinajstić information content (AvgIpc) is 3.23. The third kappa shape index (κ3) is 5.79. The number of benzene rings is 3. The number of carboxylic acid groups (broad SMARTS) is 1. The molecule has 35 heavy (non-hydrogen) atoms. The van der Waals surface area contributed by atoms with Crippen LogP contribution < -0.4 is 10.1 Å². The van der Waals surface area contributed by atoms with Crippen molar-refractivity contribution in [2.75, 3.05) is 0 Å². The van der Waals surface area contributed by atoms with E-state index in [2.05, 4.69) is 26.4 Å². The maximum Gasteiger partial charge on any atom is 0.352 e. The summed E-state index contributed by atoms with van der Waals surface area (Å²) in [5.74, 6) is -0.478. The van der Waals surface area contributed by atoms with Crippen LogP contribution in [0.3, 0.4) is 0 Å². The van der Waals surface area contributed by atoms with Crippen molar-refractivity contribution in [3.05, 3.63) is 105 Å². The highest BCUT2D eigenvalue weighted by Crippen LogP contribution is 2.30. The summed E-state index contributed by atoms with van der Waals surface area (Å²) in [5.41, 5.74) is 1.28. The molecule has 0 radical (unpaired) electrons. The van der Waals surface area contributed by atoms with Gasteiger partial charge in [-0.3, -0.25) is 4.79 Å². The highest BCUT2D eigenvalue weighted by atomic mass is 79.9. The quantitative estimate of drug-likeness (QED) is 0.247. The highest BCUT2D eigenvalue weighted by Gasteiger charge is 2.24. The second-order valence-corrected chi connectivity index (χ2v) is 8.68. The summed E-state index contributed by atoms with van der Waals surface area (Å²) in [6.45, 7) is 1.58. The van der Waals surface area contributed by atoms with Gasteiger partial charge in [-0.15, -0.1) is 0 Å². The summed E-state index contributed by atoms with van der Waals surface area (Å²) in [5, 5.41) is 16.6. The lowest BCUT2D eigenvalue weighted by molar-refractivity contribution is -0.132. The molecule has 0 atom stereocenters. The van der Waals surface area contributed by atoms with Crippen LogP contribution >= 0.6 is 27.5 Å². The van der Waals surface area contributed by atoms with Crippen LogP contribution in [-0.2, 0) is 4.79 Å². The fourth-order valence-electron chi connectivity index (χ4n) is 3.23. The molecule has 4 aromatic rings. The molecule has 3 aromatic carbocycles. The van der Waals surface area contributed by atoms with Gasteiger partial charge in [0.15, 0.2) is 0 Å². The van der Waals surface area contributed by atoms with E-state index < -0.39 is 11.9 Å². The SMILES string of the molecule is Cc1onc(-c2ccc(Cl)cc2)c1C(=O)NC(=Cc1ccc(Oc2ccccc2Br)cc1)C(=O)O. The standard InChI is InChI=1S/C26H18BrClN2O5/c1-15-23(24(30-35-15)17-8-10-18(28)11-9-17)25(31)29-21(26(32)33)14-16-6-12-19(13-7-16)34-22-5-3-2-4-20(22)27/h2-14H,1H3,(H,29,31)(H,32,33). The number of ether oxygens (including phenoxy) is 1. The van der Waals surface area contributed by atoms with Gasteiger partial charge in [0.05, 0.1) is 4.47 Å². The number of carboxylic acids is 1. The number of nitrogens with zero attached hydrogens (tertiary/aromatic N) is 1. The summed E-state index contributed by atoms with van der Waals surface area (Å²) in [4.78, 5) is 24.9. The molecule has 2 N–H and O–H groups in total. The number of aromatic nitrogens is 1. The van der Waals surface area contributed by atoms with Gasteiger partial charge in [-0.25, -0.2) is 4.79 Å². The Balaban J connectivity index is 1.55. The van der Waals surface area contributed by atoms with Crippen LogP contribution in [-0.4, -0.2) is 22.1 Å². The minimum absolute atomic E-state index is 0.136. The van der Waals surface area contributed by atoms with Crippen molar-refractivity contribution in [3.63, 3.8) is 0 Å². The Bertz CT molecular complexity index is 1410. The van der Waals surface area contributed by atoms with Crippen molar-refractivity contribution in [3.8, 4) is 22.8 Å². The van der Waals surface area contributed by atoms with Crippen molar-refractivity contribution in [1.82, 2.24) is 10.5 Å². The van der Waals surface area contributed by atoms with Crippen LogP contribution in [0, 0.1) is 6.92 Å². The highest BCUT2D eigenvalue weighted by molar-refractivity contribution is 9.10. The first-order chi connectivity index (χ1) is 16.8. The Labute approximate surface area is 214 Å². The molecular formula is C26H18BrClN2O5. The Morgan fingerprint density at radius 3 is 2.40 bits per heavy atom. The van der Waals surface area contributed by atoms with Crippen LogP contribution in [0.1, 0.15) is 21.7 Å². The molecule has 1 heterocycles. The molecule has 0 unspecified atom stereocenters. The number of rotatable bonds is 7. The molecule has 0 spiro atoms. The van der Waals surface area contributed by atoms with Crippen molar-refractivity contribution in [2.45, 2.75) is 6.92 Å². The summed E-state index contributed by atoms with van der Waals surface area (Å²) < 4.78 is 11.8. The first-order valence-corrected chi connectivity index (χ1v) is 11.5. The van der Waals surface area contributed by atoms with Crippen molar-refractivity contribution >= 4 is 45.5 Å². The fraction of sp³-hybridized carbons (Fsp3) is 0.0385. The molecular weight excluding hydrogens is 536 g/mol. The molecule has 176 valence electrons. The van der Waals surface area contributed by atoms with E-state index in [1.165, 1.54) is 6.08 Å². The van der Waals surface area contributed by atoms with Crippen molar-refractivity contribution < 1.29 is 24.0 Å². The Morgan fingerprint density at radius 1 is 1.06 bits per heavy atom. The van der Waals surface area contributed by atoms with E-state index in [4.69, 9.17) is 20.9 Å². The van der Waals surface area contributed by atoms with Gasteiger partial charge >= 0.3 is 5.97 Å². The van der Waals surface area contributed by atoms with Crippen molar-refractivity contribution in [1.29, 1.82) is 0 Å². The predicted octanol–water partition coefficient (Wildman–Crippen LogP) is 6.71. The van der Waals surface area contributed by atoms with Gasteiger partial charge in [0, 0.05) is 10.6 Å². The smallest absolute Gasteiger partial charge is 0.352 e. The van der Waals surface area contributed by atoms with Gasteiger partial charge in [-0.1, -0.05) is 53.2 Å². The number of aliphatic carboxylic acids is 1. The zero-order valence-corrected chi connectivity index (χ0v) is 20.6. The van der Waals surface area contributed by atoms with E-state index in [1.807, 2.05) is 24.3 Å². The third-order valence-electron chi connectivity index (χ3n) is 4.94. The number of amides is 1. The number of halogens is 2. The number of hydrogen-bond acceptors (Lipinski definition) is 5. The largest absolute Gasteiger partial charge is 0.477 e. The second kappa shape index (κ2) is 10.6. The monoisotopic (exact) mass is 552 g/mol. The van der Waals surface area contributed by atoms with E-state index in [1.54, 1.807) is 55.5 Å². The van der Waals surface area contributed by atoms with Gasteiger partial charge in [0.25, 0.3) is 5.91 Å². The van der Waals surface area contributed by atoms with Gasteiger partial charge in [0.1, 0.15) is 34.2 Å². The molecule has 0 bridgehead atoms. The van der Waals surface area contributed by atoms with E-state index in [0.717, 1.165) is 4.47 Å². The first kappa shape index (κ1) is 24.3. The molecule has 0 aliphatic heterocycles. The van der Waals surface area contributed by atoms with Gasteiger partial charge in [-0.2, -0.15) is 0 Å². The molecule has 4 rings (SSSR count). The fourth-order valence-corrected chi connectivity index (χ4v) is 3.73. The molecule has 0 fully saturated rings. The number of para-hydroxylation sites is 1. The topological polar surface area (TPSA) is 102 Å². The van der Waals surface area contributed by atoms with Crippen LogP contribution in [0.5, 0.6) is 11.5 Å². The maximum atomic E-state index is 13.0. The van der Waals surface area contributed by atoms with Gasteiger partial charge < -0.3 is 19.7 Å². The van der Waals surface area contributed by atoms with Crippen LogP contribution in [0.4, 0.5) is 0 Å². The second-order valence-electron chi connectivity index (χ2n) is 7.39. The molecule has 1 amide bonds. The van der Waals surface area contributed by atoms with Crippen molar-refractivity contribution in [2.24, 2.45) is 0 Å². The zero-order valence-electron chi connectivity index (χ0n) is 18.3. The van der Waals surface area contributed by atoms with E-state index in [-0.39, 0.29) is 22.7 Å². The Hall–Kier alpha value is -3.88. The molecule has 0 aliphatic rings. The van der Waals surface area contributed by atoms with E-state index in [9.17, 15) is 14.7 Å². The molecule has 0 aliphatic carbocycles. The minimum atomic E-state index is -1.30. The van der Waals surface area contributed by atoms with Crippen LogP contribution in [0.2, 0.25) is 5.02 Å². The average molecular weight is 554 g/mol. The molecule has 9 heteroatoms. The summed E-state index contributed by atoms with van der Waals surface area (Å²) in [6.07, 6.45) is 1.35. The Kier molecular flexibility index (Phi) is 7.33. The van der Waals surface area contributed by atoms with E-state index in [0.29, 0.717) is 27.6 Å². The van der Waals surface area contributed by atoms with Crippen LogP contribution in [0.15, 0.2) is 87.5 Å². The lowest BCUT2D eigenvalue weighted by atomic mass is 10.1.